The van der Waals surface area contributed by atoms with E-state index in [0.717, 1.165) is 0 Å². The Morgan fingerprint density at radius 2 is 2.27 bits per heavy atom. The molecule has 1 amide bonds. The van der Waals surface area contributed by atoms with Gasteiger partial charge in [0, 0.05) is 6.54 Å². The molecule has 7 nitrogen and oxygen atoms in total. The molecule has 0 saturated carbocycles. The van der Waals surface area contributed by atoms with Gasteiger partial charge >= 0.3 is 6.01 Å². The minimum Gasteiger partial charge on any atom is -0.406 e. The smallest absolute Gasteiger partial charge is 0.318 e. The van der Waals surface area contributed by atoms with Gasteiger partial charge in [-0.2, -0.15) is 0 Å². The molecule has 1 aromatic heterocycles. The Balaban J connectivity index is 2.78. The van der Waals surface area contributed by atoms with Crippen molar-refractivity contribution in [2.45, 2.75) is 19.9 Å². The molecule has 15 heavy (non-hydrogen) atoms. The summed E-state index contributed by atoms with van der Waals surface area (Å²) >= 11 is 0. The number of nitrogens with two attached hydrogens (primary N) is 2. The Kier molecular flexibility index (Phi) is 3.62. The number of primary amides is 1. The lowest BCUT2D eigenvalue weighted by molar-refractivity contribution is -0.116. The summed E-state index contributed by atoms with van der Waals surface area (Å²) < 4.78 is 5.27. The first kappa shape index (κ1) is 11.4. The van der Waals surface area contributed by atoms with Crippen LogP contribution in [0.1, 0.15) is 25.8 Å². The molecule has 0 bridgehead atoms. The van der Waals surface area contributed by atoms with Crippen molar-refractivity contribution in [3.05, 3.63) is 5.89 Å². The van der Waals surface area contributed by atoms with E-state index in [1.165, 1.54) is 0 Å². The van der Waals surface area contributed by atoms with Gasteiger partial charge in [0.2, 0.25) is 11.8 Å². The zero-order valence-electron chi connectivity index (χ0n) is 8.80. The normalized spacial score (nSPS) is 12.5. The van der Waals surface area contributed by atoms with E-state index in [9.17, 15) is 4.79 Å². The zero-order valence-corrected chi connectivity index (χ0v) is 8.80. The summed E-state index contributed by atoms with van der Waals surface area (Å²) in [6.07, 6.45) is 0. The monoisotopic (exact) mass is 213 g/mol. The molecule has 1 heterocycles. The molecule has 0 fully saturated rings. The van der Waals surface area contributed by atoms with Crippen molar-refractivity contribution < 1.29 is 9.21 Å². The molecular weight excluding hydrogens is 198 g/mol. The topological polar surface area (TPSA) is 111 Å². The second-order valence-corrected chi connectivity index (χ2v) is 3.19. The molecular formula is C8H15N5O2. The average molecular weight is 213 g/mol. The number of aromatic nitrogens is 2. The van der Waals surface area contributed by atoms with Crippen LogP contribution in [0.4, 0.5) is 6.01 Å². The van der Waals surface area contributed by atoms with Crippen LogP contribution in [-0.2, 0) is 4.79 Å². The predicted molar refractivity (Wildman–Crippen MR) is 54.0 cm³/mol. The van der Waals surface area contributed by atoms with E-state index in [1.807, 2.05) is 6.92 Å². The number of hydrogen-bond donors (Lipinski definition) is 2. The van der Waals surface area contributed by atoms with Crippen LogP contribution in [0.25, 0.3) is 0 Å². The number of hydrogen-bond acceptors (Lipinski definition) is 6. The molecule has 0 saturated heterocycles. The maximum atomic E-state index is 10.7. The van der Waals surface area contributed by atoms with Gasteiger partial charge in [-0.1, -0.05) is 5.10 Å². The Bertz CT molecular complexity index is 336. The fraction of sp³-hybridized carbons (Fsp3) is 0.625. The highest BCUT2D eigenvalue weighted by atomic mass is 16.4. The molecule has 1 rings (SSSR count). The molecule has 0 aliphatic carbocycles. The standard InChI is InChI=1S/C8H15N5O2/c1-3-13(4-6(10)14)8-12-11-7(15-8)5(2)9/h5H,3-4,9H2,1-2H3,(H2,10,14). The summed E-state index contributed by atoms with van der Waals surface area (Å²) in [4.78, 5) is 12.3. The minimum absolute atomic E-state index is 0.0527. The largest absolute Gasteiger partial charge is 0.406 e. The first-order chi connectivity index (χ1) is 7.04. The molecule has 0 spiro atoms. The summed E-state index contributed by atoms with van der Waals surface area (Å²) in [5.74, 6) is -0.106. The number of rotatable bonds is 5. The number of carbonyl (C=O) groups excluding carboxylic acids is 1. The fourth-order valence-electron chi connectivity index (χ4n) is 1.04. The van der Waals surface area contributed by atoms with Crippen LogP contribution in [0.2, 0.25) is 0 Å². The van der Waals surface area contributed by atoms with Gasteiger partial charge < -0.3 is 20.8 Å². The van der Waals surface area contributed by atoms with Crippen molar-refractivity contribution in [3.8, 4) is 0 Å². The van der Waals surface area contributed by atoms with Crippen LogP contribution in [-0.4, -0.2) is 29.2 Å². The summed E-state index contributed by atoms with van der Waals surface area (Å²) in [7, 11) is 0. The second-order valence-electron chi connectivity index (χ2n) is 3.19. The predicted octanol–water partition coefficient (Wildman–Crippen LogP) is -0.599. The molecule has 0 aliphatic heterocycles. The van der Waals surface area contributed by atoms with Gasteiger partial charge in [0.25, 0.3) is 0 Å². The van der Waals surface area contributed by atoms with Crippen molar-refractivity contribution >= 4 is 11.9 Å². The fourth-order valence-corrected chi connectivity index (χ4v) is 1.04. The first-order valence-corrected chi connectivity index (χ1v) is 4.66. The van der Waals surface area contributed by atoms with Crippen molar-refractivity contribution in [2.75, 3.05) is 18.0 Å². The van der Waals surface area contributed by atoms with E-state index in [2.05, 4.69) is 10.2 Å². The summed E-state index contributed by atoms with van der Waals surface area (Å²) in [5.41, 5.74) is 10.6. The highest BCUT2D eigenvalue weighted by Gasteiger charge is 2.16. The number of amides is 1. The van der Waals surface area contributed by atoms with Crippen LogP contribution in [0.15, 0.2) is 4.42 Å². The van der Waals surface area contributed by atoms with E-state index >= 15 is 0 Å². The lowest BCUT2D eigenvalue weighted by atomic mass is 10.4. The van der Waals surface area contributed by atoms with E-state index in [1.54, 1.807) is 11.8 Å². The molecule has 0 aromatic carbocycles. The highest BCUT2D eigenvalue weighted by molar-refractivity contribution is 5.78. The summed E-state index contributed by atoms with van der Waals surface area (Å²) in [6, 6.07) is -0.0536. The number of nitrogens with zero attached hydrogens (tertiary/aromatic N) is 3. The van der Waals surface area contributed by atoms with Gasteiger partial charge in [0.15, 0.2) is 0 Å². The Morgan fingerprint density at radius 1 is 1.60 bits per heavy atom. The van der Waals surface area contributed by atoms with Crippen LogP contribution >= 0.6 is 0 Å². The SMILES string of the molecule is CCN(CC(N)=O)c1nnc(C(C)N)o1. The molecule has 0 radical (unpaired) electrons. The molecule has 0 aliphatic rings. The lowest BCUT2D eigenvalue weighted by Crippen LogP contribution is -2.33. The quantitative estimate of drug-likeness (QED) is 0.675. The Labute approximate surface area is 87.4 Å². The number of likely N-dealkylation sites (N-methyl/N-ethyl adjacent to an activating group) is 1. The van der Waals surface area contributed by atoms with E-state index in [-0.39, 0.29) is 18.6 Å². The van der Waals surface area contributed by atoms with Crippen LogP contribution in [0.3, 0.4) is 0 Å². The van der Waals surface area contributed by atoms with Crippen molar-refractivity contribution in [1.29, 1.82) is 0 Å². The van der Waals surface area contributed by atoms with Gasteiger partial charge in [-0.25, -0.2) is 0 Å². The van der Waals surface area contributed by atoms with E-state index < -0.39 is 5.91 Å². The van der Waals surface area contributed by atoms with Gasteiger partial charge in [-0.05, 0) is 13.8 Å². The number of carbonyl (C=O) groups is 1. The van der Waals surface area contributed by atoms with Crippen LogP contribution in [0, 0.1) is 0 Å². The van der Waals surface area contributed by atoms with E-state index in [0.29, 0.717) is 12.4 Å². The summed E-state index contributed by atoms with van der Waals surface area (Å²) in [5, 5.41) is 7.54. The third kappa shape index (κ3) is 2.91. The van der Waals surface area contributed by atoms with Gasteiger partial charge in [0.05, 0.1) is 6.04 Å². The third-order valence-corrected chi connectivity index (χ3v) is 1.82. The van der Waals surface area contributed by atoms with Gasteiger partial charge in [-0.15, -0.1) is 5.10 Å². The highest BCUT2D eigenvalue weighted by Crippen LogP contribution is 2.15. The van der Waals surface area contributed by atoms with Crippen LogP contribution in [0.5, 0.6) is 0 Å². The van der Waals surface area contributed by atoms with Crippen LogP contribution < -0.4 is 16.4 Å². The lowest BCUT2D eigenvalue weighted by Gasteiger charge is -2.14. The third-order valence-electron chi connectivity index (χ3n) is 1.82. The maximum Gasteiger partial charge on any atom is 0.318 e. The first-order valence-electron chi connectivity index (χ1n) is 4.66. The molecule has 7 heteroatoms. The molecule has 84 valence electrons. The Morgan fingerprint density at radius 3 is 2.67 bits per heavy atom. The maximum absolute atomic E-state index is 10.7. The van der Waals surface area contributed by atoms with Gasteiger partial charge in [0.1, 0.15) is 6.54 Å². The molecule has 4 N–H and O–H groups in total. The second kappa shape index (κ2) is 4.74. The molecule has 1 unspecified atom stereocenters. The van der Waals surface area contributed by atoms with Crippen molar-refractivity contribution in [2.24, 2.45) is 11.5 Å². The average Bonchev–Trinajstić information content (AvgIpc) is 2.62. The Hall–Kier alpha value is -1.63. The molecule has 1 atom stereocenters. The van der Waals surface area contributed by atoms with Crippen molar-refractivity contribution in [3.63, 3.8) is 0 Å². The zero-order chi connectivity index (χ0) is 11.4. The van der Waals surface area contributed by atoms with E-state index in [4.69, 9.17) is 15.9 Å². The molecule has 1 aromatic rings. The number of anilines is 1. The van der Waals surface area contributed by atoms with Crippen molar-refractivity contribution in [1.82, 2.24) is 10.2 Å². The summed E-state index contributed by atoms with van der Waals surface area (Å²) in [6.45, 7) is 4.21. The minimum atomic E-state index is -0.447. The van der Waals surface area contributed by atoms with Gasteiger partial charge in [-0.3, -0.25) is 4.79 Å².